The van der Waals surface area contributed by atoms with Crippen molar-refractivity contribution in [2.75, 3.05) is 20.2 Å². The quantitative estimate of drug-likeness (QED) is 0.639. The second-order valence-electron chi connectivity index (χ2n) is 5.21. The van der Waals surface area contributed by atoms with E-state index in [0.29, 0.717) is 19.0 Å². The van der Waals surface area contributed by atoms with Crippen molar-refractivity contribution >= 4 is 6.03 Å². The molecule has 0 aromatic heterocycles. The van der Waals surface area contributed by atoms with Gasteiger partial charge in [0.2, 0.25) is 0 Å². The topological polar surface area (TPSA) is 70.6 Å². The Labute approximate surface area is 102 Å². The second-order valence-corrected chi connectivity index (χ2v) is 5.21. The van der Waals surface area contributed by atoms with E-state index >= 15 is 0 Å². The lowest BCUT2D eigenvalue weighted by atomic mass is 9.80. The van der Waals surface area contributed by atoms with Crippen molar-refractivity contribution < 1.29 is 14.6 Å². The molecule has 3 N–H and O–H groups in total. The Bertz CT molecular complexity index is 269. The van der Waals surface area contributed by atoms with Gasteiger partial charge in [-0.2, -0.15) is 0 Å². The molecule has 0 spiro atoms. The summed E-state index contributed by atoms with van der Waals surface area (Å²) in [5.74, 6) is 0.396. The minimum atomic E-state index is -0.388. The number of hydrogen-bond donors (Lipinski definition) is 3. The van der Waals surface area contributed by atoms with Crippen LogP contribution in [-0.2, 0) is 4.74 Å². The number of aliphatic hydroxyl groups excluding tert-OH is 1. The Balaban J connectivity index is 1.60. The molecule has 0 aliphatic heterocycles. The fourth-order valence-corrected chi connectivity index (χ4v) is 2.17. The molecule has 1 atom stereocenters. The normalized spacial score (nSPS) is 23.6. The first-order chi connectivity index (χ1) is 8.15. The van der Waals surface area contributed by atoms with E-state index in [1.54, 1.807) is 7.11 Å². The molecule has 1 unspecified atom stereocenters. The highest BCUT2D eigenvalue weighted by atomic mass is 16.5. The van der Waals surface area contributed by atoms with Crippen LogP contribution >= 0.6 is 0 Å². The molecule has 17 heavy (non-hydrogen) atoms. The van der Waals surface area contributed by atoms with Crippen molar-refractivity contribution in [1.82, 2.24) is 10.6 Å². The molecule has 0 aromatic carbocycles. The van der Waals surface area contributed by atoms with Gasteiger partial charge in [0, 0.05) is 20.2 Å². The van der Waals surface area contributed by atoms with Crippen LogP contribution in [0.25, 0.3) is 0 Å². The predicted octanol–water partition coefficient (Wildman–Crippen LogP) is 0.626. The van der Waals surface area contributed by atoms with Gasteiger partial charge < -0.3 is 20.5 Å². The number of hydrogen-bond acceptors (Lipinski definition) is 3. The van der Waals surface area contributed by atoms with Crippen molar-refractivity contribution in [2.45, 2.75) is 43.8 Å². The molecule has 0 radical (unpaired) electrons. The highest BCUT2D eigenvalue weighted by molar-refractivity contribution is 5.73. The summed E-state index contributed by atoms with van der Waals surface area (Å²) in [4.78, 5) is 11.5. The van der Waals surface area contributed by atoms with Crippen LogP contribution in [0, 0.1) is 5.92 Å². The van der Waals surface area contributed by atoms with Crippen LogP contribution < -0.4 is 10.6 Å². The maximum absolute atomic E-state index is 11.5. The number of urea groups is 1. The molecule has 0 saturated heterocycles. The van der Waals surface area contributed by atoms with E-state index in [0.717, 1.165) is 32.1 Å². The minimum absolute atomic E-state index is 0.146. The highest BCUT2D eigenvalue weighted by Gasteiger charge is 2.37. The molecule has 2 amide bonds. The zero-order valence-electron chi connectivity index (χ0n) is 10.4. The summed E-state index contributed by atoms with van der Waals surface area (Å²) < 4.78 is 5.41. The van der Waals surface area contributed by atoms with Crippen LogP contribution in [0.4, 0.5) is 4.79 Å². The van der Waals surface area contributed by atoms with Gasteiger partial charge in [-0.3, -0.25) is 0 Å². The molecule has 2 aliphatic rings. The third-order valence-electron chi connectivity index (χ3n) is 3.91. The molecular formula is C12H22N2O3. The lowest BCUT2D eigenvalue weighted by Crippen LogP contribution is -2.52. The van der Waals surface area contributed by atoms with E-state index in [-0.39, 0.29) is 17.7 Å². The Kier molecular flexibility index (Phi) is 3.89. The van der Waals surface area contributed by atoms with E-state index in [1.165, 1.54) is 0 Å². The standard InChI is InChI=1S/C12H22N2O3/c1-17-12(5-2-6-12)8-14-11(16)13-7-10(15)9-3-4-9/h9-10,15H,2-8H2,1H3,(H2,13,14,16). The third-order valence-corrected chi connectivity index (χ3v) is 3.91. The first-order valence-electron chi connectivity index (χ1n) is 6.40. The van der Waals surface area contributed by atoms with Crippen LogP contribution in [0.2, 0.25) is 0 Å². The number of amides is 2. The van der Waals surface area contributed by atoms with Gasteiger partial charge in [-0.05, 0) is 38.0 Å². The maximum Gasteiger partial charge on any atom is 0.314 e. The first kappa shape index (κ1) is 12.6. The molecule has 2 fully saturated rings. The van der Waals surface area contributed by atoms with Crippen LogP contribution in [0.5, 0.6) is 0 Å². The number of methoxy groups -OCH3 is 1. The Morgan fingerprint density at radius 2 is 2.18 bits per heavy atom. The van der Waals surface area contributed by atoms with Crippen molar-refractivity contribution in [3.05, 3.63) is 0 Å². The Morgan fingerprint density at radius 1 is 1.47 bits per heavy atom. The van der Waals surface area contributed by atoms with Crippen molar-refractivity contribution in [3.8, 4) is 0 Å². The second kappa shape index (κ2) is 5.23. The lowest BCUT2D eigenvalue weighted by Gasteiger charge is -2.40. The molecule has 98 valence electrons. The average Bonchev–Trinajstić information content (AvgIpc) is 3.08. The molecule has 2 rings (SSSR count). The fraction of sp³-hybridized carbons (Fsp3) is 0.917. The SMILES string of the molecule is COC1(CNC(=O)NCC(O)C2CC2)CCC1. The van der Waals surface area contributed by atoms with Gasteiger partial charge in [0.25, 0.3) is 0 Å². The summed E-state index contributed by atoms with van der Waals surface area (Å²) in [5.41, 5.74) is -0.146. The smallest absolute Gasteiger partial charge is 0.314 e. The molecular weight excluding hydrogens is 220 g/mol. The lowest BCUT2D eigenvalue weighted by molar-refractivity contribution is -0.0674. The number of carbonyl (C=O) groups is 1. The maximum atomic E-state index is 11.5. The highest BCUT2D eigenvalue weighted by Crippen LogP contribution is 2.34. The van der Waals surface area contributed by atoms with Gasteiger partial charge in [-0.15, -0.1) is 0 Å². The molecule has 2 saturated carbocycles. The summed E-state index contributed by atoms with van der Waals surface area (Å²) in [6.45, 7) is 0.894. The molecule has 0 heterocycles. The molecule has 2 aliphatic carbocycles. The Morgan fingerprint density at radius 3 is 2.65 bits per heavy atom. The minimum Gasteiger partial charge on any atom is -0.391 e. The van der Waals surface area contributed by atoms with Crippen LogP contribution in [0.3, 0.4) is 0 Å². The third kappa shape index (κ3) is 3.33. The van der Waals surface area contributed by atoms with Gasteiger partial charge in [0.05, 0.1) is 11.7 Å². The zero-order valence-corrected chi connectivity index (χ0v) is 10.4. The average molecular weight is 242 g/mol. The monoisotopic (exact) mass is 242 g/mol. The van der Waals surface area contributed by atoms with E-state index in [9.17, 15) is 9.90 Å². The fourth-order valence-electron chi connectivity index (χ4n) is 2.17. The summed E-state index contributed by atoms with van der Waals surface area (Å²) in [6, 6.07) is -0.215. The number of carbonyl (C=O) groups excluding carboxylic acids is 1. The molecule has 5 heteroatoms. The zero-order chi connectivity index (χ0) is 12.3. The van der Waals surface area contributed by atoms with Crippen molar-refractivity contribution in [1.29, 1.82) is 0 Å². The van der Waals surface area contributed by atoms with Crippen molar-refractivity contribution in [3.63, 3.8) is 0 Å². The number of nitrogens with one attached hydrogen (secondary N) is 2. The number of rotatable bonds is 6. The van der Waals surface area contributed by atoms with Crippen LogP contribution in [0.1, 0.15) is 32.1 Å². The van der Waals surface area contributed by atoms with Gasteiger partial charge in [0.15, 0.2) is 0 Å². The number of aliphatic hydroxyl groups is 1. The van der Waals surface area contributed by atoms with Crippen LogP contribution in [-0.4, -0.2) is 43.0 Å². The van der Waals surface area contributed by atoms with Gasteiger partial charge >= 0.3 is 6.03 Å². The molecule has 0 bridgehead atoms. The van der Waals surface area contributed by atoms with E-state index in [1.807, 2.05) is 0 Å². The Hall–Kier alpha value is -0.810. The molecule has 0 aromatic rings. The predicted molar refractivity (Wildman–Crippen MR) is 63.7 cm³/mol. The van der Waals surface area contributed by atoms with Crippen LogP contribution in [0.15, 0.2) is 0 Å². The first-order valence-corrected chi connectivity index (χ1v) is 6.40. The number of ether oxygens (including phenoxy) is 1. The van der Waals surface area contributed by atoms with E-state index < -0.39 is 0 Å². The summed E-state index contributed by atoms with van der Waals surface area (Å²) in [6.07, 6.45) is 4.95. The van der Waals surface area contributed by atoms with Gasteiger partial charge in [0.1, 0.15) is 0 Å². The largest absolute Gasteiger partial charge is 0.391 e. The summed E-state index contributed by atoms with van der Waals surface area (Å²) in [5, 5.41) is 15.1. The van der Waals surface area contributed by atoms with Crippen molar-refractivity contribution in [2.24, 2.45) is 5.92 Å². The molecule has 5 nitrogen and oxygen atoms in total. The summed E-state index contributed by atoms with van der Waals surface area (Å²) in [7, 11) is 1.69. The van der Waals surface area contributed by atoms with E-state index in [4.69, 9.17) is 4.74 Å². The van der Waals surface area contributed by atoms with Gasteiger partial charge in [-0.1, -0.05) is 0 Å². The van der Waals surface area contributed by atoms with E-state index in [2.05, 4.69) is 10.6 Å². The van der Waals surface area contributed by atoms with Gasteiger partial charge in [-0.25, -0.2) is 4.79 Å². The summed E-state index contributed by atoms with van der Waals surface area (Å²) >= 11 is 0.